The van der Waals surface area contributed by atoms with Crippen molar-refractivity contribution in [2.24, 2.45) is 0 Å². The topological polar surface area (TPSA) is 111 Å². The van der Waals surface area contributed by atoms with E-state index in [1.54, 1.807) is 17.5 Å². The van der Waals surface area contributed by atoms with Gasteiger partial charge in [-0.05, 0) is 135 Å². The van der Waals surface area contributed by atoms with Crippen molar-refractivity contribution in [1.82, 2.24) is 34.1 Å². The zero-order valence-corrected chi connectivity index (χ0v) is 53.1. The number of fused-ring (bicyclic) bond motifs is 17. The van der Waals surface area contributed by atoms with Crippen LogP contribution < -0.4 is 0 Å². The van der Waals surface area contributed by atoms with E-state index in [-0.39, 0.29) is 0 Å². The molecule has 0 saturated carbocycles. The highest BCUT2D eigenvalue weighted by Gasteiger charge is 2.25. The van der Waals surface area contributed by atoms with Crippen LogP contribution in [0.5, 0.6) is 0 Å². The third-order valence-corrected chi connectivity index (χ3v) is 20.5. The molecular weight excluding hydrogens is 1220 g/mol. The van der Waals surface area contributed by atoms with Crippen molar-refractivity contribution in [1.29, 1.82) is 5.26 Å². The van der Waals surface area contributed by atoms with Crippen LogP contribution in [0.15, 0.2) is 308 Å². The molecule has 0 unspecified atom stereocenters. The first kappa shape index (κ1) is 55.3. The van der Waals surface area contributed by atoms with E-state index in [0.717, 1.165) is 115 Å². The molecule has 0 bridgehead atoms. The van der Waals surface area contributed by atoms with E-state index in [1.165, 1.54) is 58.8 Å². The molecule has 454 valence electrons. The largest absolute Gasteiger partial charge is 0.436 e. The fraction of sp³-hybridized carbons (Fsp3) is 0. The predicted molar refractivity (Wildman–Crippen MR) is 405 cm³/mol. The monoisotopic (exact) mass is 1270 g/mol. The lowest BCUT2D eigenvalue weighted by molar-refractivity contribution is 0.653. The number of para-hydroxylation sites is 3. The van der Waals surface area contributed by atoms with E-state index in [9.17, 15) is 5.26 Å². The molecule has 0 aliphatic rings. The quantitative estimate of drug-likeness (QED) is 0.163. The van der Waals surface area contributed by atoms with Crippen molar-refractivity contribution in [3.63, 3.8) is 0 Å². The molecule has 21 rings (SSSR count). The highest BCUT2D eigenvalue weighted by atomic mass is 32.1. The number of nitrogens with zero attached hydrogens (tertiary/aromatic N) is 8. The molecule has 9 nitrogen and oxygen atoms in total. The van der Waals surface area contributed by atoms with Crippen molar-refractivity contribution in [3.05, 3.63) is 309 Å². The lowest BCUT2D eigenvalue weighted by atomic mass is 9.96. The zero-order valence-electron chi connectivity index (χ0n) is 52.3. The number of nitriles is 1. The first-order chi connectivity index (χ1) is 48.5. The number of hydrogen-bond donors (Lipinski definition) is 0. The molecule has 7 aromatic heterocycles. The van der Waals surface area contributed by atoms with Crippen LogP contribution in [0.1, 0.15) is 5.56 Å². The molecule has 0 fully saturated rings. The predicted octanol–water partition coefficient (Wildman–Crippen LogP) is 23.1. The van der Waals surface area contributed by atoms with E-state index < -0.39 is 0 Å². The van der Waals surface area contributed by atoms with Crippen LogP contribution in [-0.4, -0.2) is 34.1 Å². The highest BCUT2D eigenvalue weighted by Crippen LogP contribution is 2.45. The first-order valence-corrected chi connectivity index (χ1v) is 33.5. The summed E-state index contributed by atoms with van der Waals surface area (Å²) < 4.78 is 12.0. The van der Waals surface area contributed by atoms with Crippen LogP contribution in [0.4, 0.5) is 0 Å². The standard InChI is InChI=1S/C46H27N3S.C42H23N5O/c1-2-12-29-25-32(22-21-28(29)11-1)43-44(47-45-37-18-8-10-20-42(37)50-46(45)48-43)36-23-24-40(34-16-6-5-15-33(34)36)49-39-19-9-7-17-35(39)38-26-30-13-3-4-14-31(30)27-41(38)49;43-24-30-20-28(17-18-35(30)47-36-13-5-3-11-31(36)33-21-26-8-1-2-9-27(26)23-37(33)47)39-40(29-16-15-25-10-7-19-44-34(25)22-29)46-42-41(45-39)32-12-4-6-14-38(32)48-42/h1-27H;1-23H. The minimum atomic E-state index is 0.464. The summed E-state index contributed by atoms with van der Waals surface area (Å²) in [6.07, 6.45) is 1.79. The van der Waals surface area contributed by atoms with Gasteiger partial charge in [0.25, 0.3) is 0 Å². The summed E-state index contributed by atoms with van der Waals surface area (Å²) in [6, 6.07) is 107. The SMILES string of the molecule is N#Cc1cc(-c2nc3c(nc2-c2ccc4cccnc4c2)oc2ccccc23)ccc1-n1c2ccccc2c2cc3ccccc3cc21.c1ccc2cc(-c3nc4sc5ccccc5c4nc3-c3ccc(-n4c5ccccc5c5cc6ccccc6cc54)c4ccccc34)ccc2c1. The Morgan fingerprint density at radius 1 is 0.337 bits per heavy atom. The summed E-state index contributed by atoms with van der Waals surface area (Å²) in [5, 5.41) is 28.1. The minimum Gasteiger partial charge on any atom is -0.436 e. The molecule has 21 aromatic rings. The van der Waals surface area contributed by atoms with Gasteiger partial charge >= 0.3 is 0 Å². The number of hydrogen-bond acceptors (Lipinski definition) is 8. The van der Waals surface area contributed by atoms with Crippen molar-refractivity contribution in [2.45, 2.75) is 0 Å². The van der Waals surface area contributed by atoms with Gasteiger partial charge in [-0.3, -0.25) is 4.98 Å². The third kappa shape index (κ3) is 8.74. The van der Waals surface area contributed by atoms with Gasteiger partial charge < -0.3 is 13.6 Å². The Hall–Kier alpha value is -13.2. The number of rotatable bonds is 6. The number of furan rings is 1. The Kier molecular flexibility index (Phi) is 12.4. The van der Waals surface area contributed by atoms with Crippen LogP contribution in [0, 0.1) is 11.3 Å². The molecule has 0 spiro atoms. The average Bonchev–Trinajstić information content (AvgIpc) is 1.48. The van der Waals surface area contributed by atoms with E-state index >= 15 is 0 Å². The Bertz CT molecular complexity index is 6990. The van der Waals surface area contributed by atoms with Crippen molar-refractivity contribution in [3.8, 4) is 62.5 Å². The molecule has 98 heavy (non-hydrogen) atoms. The molecule has 7 heterocycles. The van der Waals surface area contributed by atoms with Crippen LogP contribution in [0.2, 0.25) is 0 Å². The Labute approximate surface area is 563 Å². The highest BCUT2D eigenvalue weighted by molar-refractivity contribution is 7.25. The Balaban J connectivity index is 0.000000133. The fourth-order valence-corrected chi connectivity index (χ4v) is 15.9. The van der Waals surface area contributed by atoms with Gasteiger partial charge in [0, 0.05) is 76.2 Å². The summed E-state index contributed by atoms with van der Waals surface area (Å²) in [5.74, 6) is 0. The van der Waals surface area contributed by atoms with Gasteiger partial charge in [0.05, 0.1) is 61.6 Å². The number of aromatic nitrogens is 7. The summed E-state index contributed by atoms with van der Waals surface area (Å²) in [7, 11) is 0. The molecular formula is C88H50N8OS. The van der Waals surface area contributed by atoms with E-state index in [4.69, 9.17) is 24.4 Å². The summed E-state index contributed by atoms with van der Waals surface area (Å²) in [5.41, 5.74) is 17.6. The fourth-order valence-electron chi connectivity index (χ4n) is 14.9. The smallest absolute Gasteiger partial charge is 0.246 e. The molecule has 0 radical (unpaired) electrons. The normalized spacial score (nSPS) is 11.9. The van der Waals surface area contributed by atoms with Gasteiger partial charge in [0.15, 0.2) is 0 Å². The van der Waals surface area contributed by atoms with E-state index in [2.05, 4.69) is 239 Å². The molecule has 0 amide bonds. The van der Waals surface area contributed by atoms with E-state index in [1.807, 2.05) is 78.9 Å². The second kappa shape index (κ2) is 21.9. The minimum absolute atomic E-state index is 0.464. The lowest BCUT2D eigenvalue weighted by Gasteiger charge is -2.16. The van der Waals surface area contributed by atoms with Crippen LogP contribution in [0.3, 0.4) is 0 Å². The molecule has 0 saturated heterocycles. The van der Waals surface area contributed by atoms with Gasteiger partial charge in [0.2, 0.25) is 5.71 Å². The maximum Gasteiger partial charge on any atom is 0.246 e. The third-order valence-electron chi connectivity index (χ3n) is 19.4. The molecule has 0 aliphatic heterocycles. The molecule has 0 atom stereocenters. The molecule has 10 heteroatoms. The van der Waals surface area contributed by atoms with Crippen molar-refractivity contribution in [2.75, 3.05) is 0 Å². The molecule has 0 aliphatic carbocycles. The van der Waals surface area contributed by atoms with Crippen molar-refractivity contribution < 1.29 is 4.42 Å². The molecule has 0 N–H and O–H groups in total. The maximum absolute atomic E-state index is 10.7. The van der Waals surface area contributed by atoms with Crippen LogP contribution >= 0.6 is 11.3 Å². The lowest BCUT2D eigenvalue weighted by Crippen LogP contribution is -2.00. The first-order valence-electron chi connectivity index (χ1n) is 32.7. The van der Waals surface area contributed by atoms with Gasteiger partial charge in [-0.15, -0.1) is 11.3 Å². The second-order valence-electron chi connectivity index (χ2n) is 25.0. The summed E-state index contributed by atoms with van der Waals surface area (Å²) in [6.45, 7) is 0. The van der Waals surface area contributed by atoms with Gasteiger partial charge in [-0.2, -0.15) is 5.26 Å². The number of benzene rings is 14. The number of thiophene rings is 1. The summed E-state index contributed by atoms with van der Waals surface area (Å²) in [4.78, 5) is 26.7. The Morgan fingerprint density at radius 2 is 0.847 bits per heavy atom. The second-order valence-corrected chi connectivity index (χ2v) is 26.0. The maximum atomic E-state index is 10.7. The van der Waals surface area contributed by atoms with Crippen molar-refractivity contribution >= 4 is 152 Å². The van der Waals surface area contributed by atoms with Gasteiger partial charge in [-0.1, -0.05) is 200 Å². The van der Waals surface area contributed by atoms with Crippen LogP contribution in [-0.2, 0) is 0 Å². The molecule has 14 aromatic carbocycles. The van der Waals surface area contributed by atoms with Gasteiger partial charge in [0.1, 0.15) is 33.2 Å². The van der Waals surface area contributed by atoms with Gasteiger partial charge in [-0.25, -0.2) is 19.9 Å². The number of pyridine rings is 1. The van der Waals surface area contributed by atoms with E-state index in [0.29, 0.717) is 28.2 Å². The summed E-state index contributed by atoms with van der Waals surface area (Å²) >= 11 is 1.71. The Morgan fingerprint density at radius 3 is 1.56 bits per heavy atom. The zero-order chi connectivity index (χ0) is 64.5. The van der Waals surface area contributed by atoms with Crippen LogP contribution in [0.25, 0.3) is 197 Å². The average molecular weight is 1270 g/mol.